The fourth-order valence-corrected chi connectivity index (χ4v) is 3.21. The van der Waals surface area contributed by atoms with Gasteiger partial charge in [-0.2, -0.15) is 0 Å². The average Bonchev–Trinajstić information content (AvgIpc) is 2.66. The van der Waals surface area contributed by atoms with Crippen molar-refractivity contribution in [2.24, 2.45) is 0 Å². The Kier molecular flexibility index (Phi) is 23.1. The van der Waals surface area contributed by atoms with Gasteiger partial charge in [-0.1, -0.05) is 128 Å². The molecule has 0 aliphatic rings. The number of hydrogen-bond donors (Lipinski definition) is 0. The van der Waals surface area contributed by atoms with Crippen LogP contribution in [0.15, 0.2) is 36.6 Å². The lowest BCUT2D eigenvalue weighted by molar-refractivity contribution is 0.394. The molecule has 0 aliphatic carbocycles. The average molecular weight is 362 g/mol. The largest absolute Gasteiger partial charge is 0.498 e. The molecule has 0 amide bonds. The molecule has 1 nitrogen and oxygen atoms in total. The van der Waals surface area contributed by atoms with Gasteiger partial charge in [0, 0.05) is 0 Å². The summed E-state index contributed by atoms with van der Waals surface area (Å²) >= 11 is 0. The predicted molar refractivity (Wildman–Crippen MR) is 118 cm³/mol. The van der Waals surface area contributed by atoms with Gasteiger partial charge in [0.2, 0.25) is 0 Å². The first-order valence-corrected chi connectivity index (χ1v) is 11.3. The summed E-state index contributed by atoms with van der Waals surface area (Å²) < 4.78 is 4.58. The fourth-order valence-electron chi connectivity index (χ4n) is 3.21. The van der Waals surface area contributed by atoms with Crippen LogP contribution in [-0.4, -0.2) is 0 Å². The first-order chi connectivity index (χ1) is 12.9. The summed E-state index contributed by atoms with van der Waals surface area (Å²) in [6.07, 6.45) is 35.9. The predicted octanol–water partition coefficient (Wildman–Crippen LogP) is 9.07. The summed E-state index contributed by atoms with van der Waals surface area (Å²) in [6, 6.07) is 0. The summed E-state index contributed by atoms with van der Waals surface area (Å²) in [5.74, 6) is 0. The third-order valence-electron chi connectivity index (χ3n) is 4.87. The highest BCUT2D eigenvalue weighted by atomic mass is 16.5. The maximum atomic E-state index is 4.58. The van der Waals surface area contributed by atoms with E-state index in [4.69, 9.17) is 0 Å². The zero-order valence-corrected chi connectivity index (χ0v) is 17.6. The molecule has 0 saturated carbocycles. The van der Waals surface area contributed by atoms with Gasteiger partial charge in [0.15, 0.2) is 0 Å². The van der Waals surface area contributed by atoms with Crippen LogP contribution in [0.2, 0.25) is 0 Å². The number of unbranched alkanes of at least 4 members (excludes halogenated alkanes) is 16. The molecule has 151 valence electrons. The quantitative estimate of drug-likeness (QED) is 0.119. The van der Waals surface area contributed by atoms with Gasteiger partial charge in [-0.15, -0.1) is 0 Å². The second kappa shape index (κ2) is 24.0. The molecule has 0 saturated heterocycles. The molecule has 0 aromatic heterocycles. The van der Waals surface area contributed by atoms with E-state index in [1.54, 1.807) is 6.26 Å². The van der Waals surface area contributed by atoms with Crippen molar-refractivity contribution in [2.75, 3.05) is 0 Å². The van der Waals surface area contributed by atoms with E-state index in [-0.39, 0.29) is 0 Å². The van der Waals surface area contributed by atoms with E-state index in [2.05, 4.69) is 30.9 Å². The fraction of sp³-hybridized carbons (Fsp3) is 0.720. The van der Waals surface area contributed by atoms with E-state index in [0.29, 0.717) is 0 Å². The summed E-state index contributed by atoms with van der Waals surface area (Å²) in [7, 11) is 3.27. The zero-order chi connectivity index (χ0) is 19.0. The molecule has 1 heteroatoms. The van der Waals surface area contributed by atoms with Gasteiger partial charge >= 0.3 is 0 Å². The summed E-state index contributed by atoms with van der Waals surface area (Å²) in [6.45, 7) is 2.29. The maximum Gasteiger partial charge on any atom is 0.121 e. The topological polar surface area (TPSA) is 9.23 Å². The number of allylic oxidation sites excluding steroid dienone is 5. The van der Waals surface area contributed by atoms with E-state index < -0.39 is 0 Å². The van der Waals surface area contributed by atoms with Crippen LogP contribution in [0, 0.1) is 7.11 Å². The van der Waals surface area contributed by atoms with E-state index >= 15 is 0 Å². The Morgan fingerprint density at radius 2 is 0.962 bits per heavy atom. The lowest BCUT2D eigenvalue weighted by Crippen LogP contribution is -1.83. The Labute approximate surface area is 165 Å². The number of rotatable bonds is 20. The van der Waals surface area contributed by atoms with Gasteiger partial charge in [-0.3, -0.25) is 0 Å². The van der Waals surface area contributed by atoms with Crippen LogP contribution in [0.25, 0.3) is 0 Å². The molecular formula is C25H45O. The van der Waals surface area contributed by atoms with E-state index in [1.165, 1.54) is 109 Å². The third kappa shape index (κ3) is 23.0. The molecule has 0 N–H and O–H groups in total. The van der Waals surface area contributed by atoms with Crippen LogP contribution < -0.4 is 0 Å². The Hall–Kier alpha value is -0.980. The molecule has 26 heavy (non-hydrogen) atoms. The molecular weight excluding hydrogens is 316 g/mol. The Morgan fingerprint density at radius 1 is 0.538 bits per heavy atom. The highest BCUT2D eigenvalue weighted by Crippen LogP contribution is 2.14. The molecule has 0 rings (SSSR count). The molecule has 1 radical (unpaired) electrons. The number of hydrogen-bond acceptors (Lipinski definition) is 1. The molecule has 0 unspecified atom stereocenters. The van der Waals surface area contributed by atoms with Gasteiger partial charge in [-0.25, -0.2) is 0 Å². The first-order valence-electron chi connectivity index (χ1n) is 11.3. The van der Waals surface area contributed by atoms with Crippen molar-refractivity contribution >= 4 is 0 Å². The van der Waals surface area contributed by atoms with Crippen molar-refractivity contribution in [3.8, 4) is 0 Å². The van der Waals surface area contributed by atoms with Crippen LogP contribution in [0.3, 0.4) is 0 Å². The van der Waals surface area contributed by atoms with Crippen molar-refractivity contribution in [1.82, 2.24) is 0 Å². The SMILES string of the molecule is [CH2]O/C=C/C=C/C=C/CCCCCCCCCCCCCCCCCC. The van der Waals surface area contributed by atoms with E-state index in [1.807, 2.05) is 18.2 Å². The van der Waals surface area contributed by atoms with Gasteiger partial charge in [0.05, 0.1) is 6.26 Å². The van der Waals surface area contributed by atoms with Crippen LogP contribution in [0.1, 0.15) is 116 Å². The van der Waals surface area contributed by atoms with Crippen molar-refractivity contribution in [3.05, 3.63) is 43.8 Å². The van der Waals surface area contributed by atoms with Crippen LogP contribution in [0.4, 0.5) is 0 Å². The van der Waals surface area contributed by atoms with Gasteiger partial charge in [0.25, 0.3) is 0 Å². The van der Waals surface area contributed by atoms with Crippen LogP contribution >= 0.6 is 0 Å². The van der Waals surface area contributed by atoms with Gasteiger partial charge in [0.1, 0.15) is 7.11 Å². The minimum atomic E-state index is 1.19. The van der Waals surface area contributed by atoms with Crippen LogP contribution in [0.5, 0.6) is 0 Å². The molecule has 0 heterocycles. The third-order valence-corrected chi connectivity index (χ3v) is 4.87. The summed E-state index contributed by atoms with van der Waals surface area (Å²) in [4.78, 5) is 0. The lowest BCUT2D eigenvalue weighted by Gasteiger charge is -2.03. The molecule has 0 aromatic carbocycles. The molecule has 0 aliphatic heterocycles. The lowest BCUT2D eigenvalue weighted by atomic mass is 10.0. The summed E-state index contributed by atoms with van der Waals surface area (Å²) in [5.41, 5.74) is 0. The molecule has 0 spiro atoms. The minimum absolute atomic E-state index is 1.19. The second-order valence-electron chi connectivity index (χ2n) is 7.40. The van der Waals surface area contributed by atoms with E-state index in [9.17, 15) is 0 Å². The number of ether oxygens (including phenoxy) is 1. The minimum Gasteiger partial charge on any atom is -0.498 e. The maximum absolute atomic E-state index is 4.58. The molecule has 0 atom stereocenters. The summed E-state index contributed by atoms with van der Waals surface area (Å²) in [5, 5.41) is 0. The second-order valence-corrected chi connectivity index (χ2v) is 7.40. The Bertz CT molecular complexity index is 327. The van der Waals surface area contributed by atoms with Gasteiger partial charge < -0.3 is 4.74 Å². The van der Waals surface area contributed by atoms with Crippen molar-refractivity contribution in [2.45, 2.75) is 116 Å². The van der Waals surface area contributed by atoms with Gasteiger partial charge in [-0.05, 0) is 18.9 Å². The Morgan fingerprint density at radius 3 is 1.42 bits per heavy atom. The normalized spacial score (nSPS) is 12.1. The smallest absolute Gasteiger partial charge is 0.121 e. The van der Waals surface area contributed by atoms with Crippen LogP contribution in [-0.2, 0) is 4.74 Å². The molecule has 0 aromatic rings. The Balaban J connectivity index is 3.10. The highest BCUT2D eigenvalue weighted by Gasteiger charge is 1.94. The van der Waals surface area contributed by atoms with Crippen molar-refractivity contribution in [1.29, 1.82) is 0 Å². The molecule has 0 fully saturated rings. The highest BCUT2D eigenvalue weighted by molar-refractivity contribution is 5.09. The monoisotopic (exact) mass is 361 g/mol. The van der Waals surface area contributed by atoms with Crippen molar-refractivity contribution in [3.63, 3.8) is 0 Å². The van der Waals surface area contributed by atoms with Crippen molar-refractivity contribution < 1.29 is 4.74 Å². The standard InChI is InChI=1S/C25H45O/c1-3-4-5-6-7-8-9-10-11-12-13-14-15-16-17-18-19-20-21-22-23-24-25-26-2/h20-25H,2-19H2,1H3/b21-20+,23-22+,25-24+. The van der Waals surface area contributed by atoms with E-state index in [0.717, 1.165) is 0 Å². The first kappa shape index (κ1) is 25.0. The molecule has 0 bridgehead atoms. The zero-order valence-electron chi connectivity index (χ0n) is 17.6.